The lowest BCUT2D eigenvalue weighted by Crippen LogP contribution is -2.27. The molecule has 0 radical (unpaired) electrons. The number of fused-ring (bicyclic) bond motifs is 1. The Labute approximate surface area is 127 Å². The van der Waals surface area contributed by atoms with Crippen LogP contribution in [0, 0.1) is 0 Å². The lowest BCUT2D eigenvalue weighted by molar-refractivity contribution is 0.434. The summed E-state index contributed by atoms with van der Waals surface area (Å²) in [6.07, 6.45) is 5.58. The Morgan fingerprint density at radius 2 is 2.14 bits per heavy atom. The molecular weight excluding hydrogens is 258 g/mol. The summed E-state index contributed by atoms with van der Waals surface area (Å²) >= 11 is 0. The molecule has 112 valence electrons. The average Bonchev–Trinajstić information content (AvgIpc) is 2.84. The SMILES string of the molecule is CCNC(CC1Cc2ccccc21)c1cn(C)nc1CC. The van der Waals surface area contributed by atoms with Gasteiger partial charge in [0.2, 0.25) is 0 Å². The molecule has 3 heteroatoms. The van der Waals surface area contributed by atoms with Crippen molar-refractivity contribution in [3.63, 3.8) is 0 Å². The van der Waals surface area contributed by atoms with Crippen molar-refractivity contribution < 1.29 is 0 Å². The van der Waals surface area contributed by atoms with E-state index in [1.54, 1.807) is 5.56 Å². The maximum Gasteiger partial charge on any atom is 0.0669 e. The Morgan fingerprint density at radius 1 is 1.33 bits per heavy atom. The molecule has 0 bridgehead atoms. The van der Waals surface area contributed by atoms with Gasteiger partial charge in [-0.1, -0.05) is 38.1 Å². The quantitative estimate of drug-likeness (QED) is 0.881. The van der Waals surface area contributed by atoms with Gasteiger partial charge in [0.15, 0.2) is 0 Å². The molecule has 3 rings (SSSR count). The van der Waals surface area contributed by atoms with Crippen molar-refractivity contribution in [2.75, 3.05) is 6.54 Å². The number of hydrogen-bond acceptors (Lipinski definition) is 2. The molecule has 3 nitrogen and oxygen atoms in total. The molecule has 2 unspecified atom stereocenters. The second kappa shape index (κ2) is 6.02. The van der Waals surface area contributed by atoms with Crippen LogP contribution in [0.25, 0.3) is 0 Å². The first-order valence-electron chi connectivity index (χ1n) is 8.06. The molecule has 1 aromatic carbocycles. The minimum absolute atomic E-state index is 0.414. The van der Waals surface area contributed by atoms with Gasteiger partial charge < -0.3 is 5.32 Å². The zero-order valence-corrected chi connectivity index (χ0v) is 13.3. The molecule has 0 saturated heterocycles. The largest absolute Gasteiger partial charge is 0.310 e. The molecule has 2 atom stereocenters. The van der Waals surface area contributed by atoms with Gasteiger partial charge in [-0.05, 0) is 42.9 Å². The van der Waals surface area contributed by atoms with Crippen LogP contribution in [0.1, 0.15) is 54.6 Å². The van der Waals surface area contributed by atoms with Gasteiger partial charge >= 0.3 is 0 Å². The molecule has 1 N–H and O–H groups in total. The van der Waals surface area contributed by atoms with E-state index in [9.17, 15) is 0 Å². The molecule has 0 spiro atoms. The summed E-state index contributed by atoms with van der Waals surface area (Å²) in [5.41, 5.74) is 5.68. The summed E-state index contributed by atoms with van der Waals surface area (Å²) in [6.45, 7) is 5.37. The van der Waals surface area contributed by atoms with E-state index in [0.29, 0.717) is 12.0 Å². The van der Waals surface area contributed by atoms with Crippen LogP contribution < -0.4 is 5.32 Å². The number of aryl methyl sites for hydroxylation is 2. The van der Waals surface area contributed by atoms with Gasteiger partial charge in [0.05, 0.1) is 5.69 Å². The highest BCUT2D eigenvalue weighted by atomic mass is 15.3. The van der Waals surface area contributed by atoms with Crippen molar-refractivity contribution in [2.24, 2.45) is 7.05 Å². The lowest BCUT2D eigenvalue weighted by atomic mass is 9.73. The number of benzene rings is 1. The van der Waals surface area contributed by atoms with Crippen LogP contribution in [-0.2, 0) is 19.9 Å². The van der Waals surface area contributed by atoms with E-state index in [1.165, 1.54) is 29.7 Å². The molecule has 0 fully saturated rings. The highest BCUT2D eigenvalue weighted by Gasteiger charge is 2.29. The Morgan fingerprint density at radius 3 is 2.86 bits per heavy atom. The fourth-order valence-corrected chi connectivity index (χ4v) is 3.54. The first kappa shape index (κ1) is 14.3. The standard InChI is InChI=1S/C18H25N3/c1-4-17-16(12-21(3)20-17)18(19-5-2)11-14-10-13-8-6-7-9-15(13)14/h6-9,12,14,18-19H,4-5,10-11H2,1-3H3. The van der Waals surface area contributed by atoms with Crippen molar-refractivity contribution in [1.82, 2.24) is 15.1 Å². The van der Waals surface area contributed by atoms with Crippen LogP contribution in [0.3, 0.4) is 0 Å². The molecule has 0 amide bonds. The second-order valence-corrected chi connectivity index (χ2v) is 6.00. The summed E-state index contributed by atoms with van der Waals surface area (Å²) in [4.78, 5) is 0. The predicted molar refractivity (Wildman–Crippen MR) is 86.5 cm³/mol. The van der Waals surface area contributed by atoms with Gasteiger partial charge in [-0.3, -0.25) is 4.68 Å². The number of rotatable bonds is 6. The molecule has 0 aliphatic heterocycles. The summed E-state index contributed by atoms with van der Waals surface area (Å²) < 4.78 is 1.95. The Bertz CT molecular complexity index is 615. The number of hydrogen-bond donors (Lipinski definition) is 1. The van der Waals surface area contributed by atoms with E-state index < -0.39 is 0 Å². The molecule has 1 heterocycles. The Kier molecular flexibility index (Phi) is 4.11. The molecule has 1 aromatic heterocycles. The van der Waals surface area contributed by atoms with Gasteiger partial charge in [0.1, 0.15) is 0 Å². The number of aromatic nitrogens is 2. The van der Waals surface area contributed by atoms with Crippen LogP contribution >= 0.6 is 0 Å². The van der Waals surface area contributed by atoms with Crippen molar-refractivity contribution in [3.8, 4) is 0 Å². The van der Waals surface area contributed by atoms with Crippen LogP contribution in [0.5, 0.6) is 0 Å². The smallest absolute Gasteiger partial charge is 0.0669 e. The Hall–Kier alpha value is -1.61. The summed E-state index contributed by atoms with van der Waals surface area (Å²) in [7, 11) is 2.02. The molecule has 1 aliphatic rings. The predicted octanol–water partition coefficient (Wildman–Crippen LogP) is 3.36. The van der Waals surface area contributed by atoms with E-state index in [0.717, 1.165) is 13.0 Å². The van der Waals surface area contributed by atoms with E-state index in [4.69, 9.17) is 0 Å². The Balaban J connectivity index is 1.80. The lowest BCUT2D eigenvalue weighted by Gasteiger charge is -2.33. The van der Waals surface area contributed by atoms with E-state index >= 15 is 0 Å². The van der Waals surface area contributed by atoms with E-state index in [2.05, 4.69) is 54.7 Å². The highest BCUT2D eigenvalue weighted by molar-refractivity contribution is 5.40. The maximum atomic E-state index is 4.60. The van der Waals surface area contributed by atoms with Gasteiger partial charge in [0, 0.05) is 24.8 Å². The molecule has 21 heavy (non-hydrogen) atoms. The van der Waals surface area contributed by atoms with Crippen LogP contribution in [0.15, 0.2) is 30.5 Å². The van der Waals surface area contributed by atoms with Crippen molar-refractivity contribution in [2.45, 2.75) is 45.1 Å². The monoisotopic (exact) mass is 283 g/mol. The fraction of sp³-hybridized carbons (Fsp3) is 0.500. The van der Waals surface area contributed by atoms with Crippen LogP contribution in [-0.4, -0.2) is 16.3 Å². The van der Waals surface area contributed by atoms with E-state index in [1.807, 2.05) is 11.7 Å². The highest BCUT2D eigenvalue weighted by Crippen LogP contribution is 2.41. The van der Waals surface area contributed by atoms with Gasteiger partial charge in [-0.2, -0.15) is 5.10 Å². The van der Waals surface area contributed by atoms with Crippen LogP contribution in [0.4, 0.5) is 0 Å². The summed E-state index contributed by atoms with van der Waals surface area (Å²) in [5, 5.41) is 8.27. The van der Waals surface area contributed by atoms with Gasteiger partial charge in [-0.25, -0.2) is 0 Å². The maximum absolute atomic E-state index is 4.60. The summed E-state index contributed by atoms with van der Waals surface area (Å²) in [5.74, 6) is 0.690. The average molecular weight is 283 g/mol. The minimum Gasteiger partial charge on any atom is -0.310 e. The molecule has 1 aliphatic carbocycles. The minimum atomic E-state index is 0.414. The van der Waals surface area contributed by atoms with Crippen molar-refractivity contribution in [1.29, 1.82) is 0 Å². The topological polar surface area (TPSA) is 29.9 Å². The third-order valence-electron chi connectivity index (χ3n) is 4.58. The molecule has 2 aromatic rings. The summed E-state index contributed by atoms with van der Waals surface area (Å²) in [6, 6.07) is 9.27. The second-order valence-electron chi connectivity index (χ2n) is 6.00. The third-order valence-corrected chi connectivity index (χ3v) is 4.58. The van der Waals surface area contributed by atoms with E-state index in [-0.39, 0.29) is 0 Å². The molecular formula is C18H25N3. The van der Waals surface area contributed by atoms with Gasteiger partial charge in [-0.15, -0.1) is 0 Å². The zero-order chi connectivity index (χ0) is 14.8. The normalized spacial score (nSPS) is 18.1. The zero-order valence-electron chi connectivity index (χ0n) is 13.3. The van der Waals surface area contributed by atoms with Gasteiger partial charge in [0.25, 0.3) is 0 Å². The first-order chi connectivity index (χ1) is 10.2. The van der Waals surface area contributed by atoms with Crippen molar-refractivity contribution in [3.05, 3.63) is 52.8 Å². The third kappa shape index (κ3) is 2.75. The number of nitrogens with zero attached hydrogens (tertiary/aromatic N) is 2. The molecule has 0 saturated carbocycles. The number of nitrogens with one attached hydrogen (secondary N) is 1. The van der Waals surface area contributed by atoms with Crippen molar-refractivity contribution >= 4 is 0 Å². The fourth-order valence-electron chi connectivity index (χ4n) is 3.54. The first-order valence-corrected chi connectivity index (χ1v) is 8.06. The van der Waals surface area contributed by atoms with Crippen LogP contribution in [0.2, 0.25) is 0 Å².